The van der Waals surface area contributed by atoms with Gasteiger partial charge in [-0.15, -0.1) is 11.3 Å². The predicted molar refractivity (Wildman–Crippen MR) is 93.2 cm³/mol. The van der Waals surface area contributed by atoms with Gasteiger partial charge in [-0.05, 0) is 42.1 Å². The quantitative estimate of drug-likeness (QED) is 0.624. The molecule has 3 aromatic rings. The Labute approximate surface area is 141 Å². The molecular weight excluding hydrogens is 362 g/mol. The van der Waals surface area contributed by atoms with Crippen LogP contribution in [0.25, 0.3) is 21.7 Å². The summed E-state index contributed by atoms with van der Waals surface area (Å²) in [7, 11) is 0. The highest BCUT2D eigenvalue weighted by molar-refractivity contribution is 9.10. The van der Waals surface area contributed by atoms with Crippen molar-refractivity contribution in [2.45, 2.75) is 6.92 Å². The smallest absolute Gasteiger partial charge is 0.355 e. The number of carbonyl (C=O) groups is 1. The van der Waals surface area contributed by atoms with Gasteiger partial charge in [0.25, 0.3) is 0 Å². The first kappa shape index (κ1) is 15.1. The number of ether oxygens (including phenoxy) is 1. The Morgan fingerprint density at radius 2 is 2.05 bits per heavy atom. The van der Waals surface area contributed by atoms with Crippen LogP contribution >= 0.6 is 27.3 Å². The molecule has 0 unspecified atom stereocenters. The van der Waals surface area contributed by atoms with Gasteiger partial charge in [0, 0.05) is 10.0 Å². The molecule has 1 N–H and O–H groups in total. The van der Waals surface area contributed by atoms with Gasteiger partial charge in [-0.3, -0.25) is 0 Å². The number of hydrogen-bond acceptors (Lipinski definition) is 3. The molecule has 2 aromatic heterocycles. The van der Waals surface area contributed by atoms with Crippen LogP contribution in [0.15, 0.2) is 52.3 Å². The Balaban J connectivity index is 2.10. The Morgan fingerprint density at radius 1 is 1.27 bits per heavy atom. The van der Waals surface area contributed by atoms with Crippen LogP contribution in [-0.4, -0.2) is 17.6 Å². The van der Waals surface area contributed by atoms with Crippen LogP contribution in [0.2, 0.25) is 0 Å². The van der Waals surface area contributed by atoms with Crippen molar-refractivity contribution in [3.8, 4) is 21.7 Å². The number of benzene rings is 1. The molecule has 0 radical (unpaired) electrons. The zero-order valence-electron chi connectivity index (χ0n) is 11.9. The van der Waals surface area contributed by atoms with Crippen LogP contribution in [0.1, 0.15) is 17.4 Å². The van der Waals surface area contributed by atoms with E-state index in [2.05, 4.69) is 20.9 Å². The van der Waals surface area contributed by atoms with Gasteiger partial charge >= 0.3 is 5.97 Å². The summed E-state index contributed by atoms with van der Waals surface area (Å²) in [6, 6.07) is 13.9. The normalized spacial score (nSPS) is 10.6. The van der Waals surface area contributed by atoms with Crippen molar-refractivity contribution < 1.29 is 9.53 Å². The number of nitrogens with one attached hydrogen (secondary N) is 1. The van der Waals surface area contributed by atoms with Gasteiger partial charge in [0.15, 0.2) is 0 Å². The molecule has 112 valence electrons. The first-order valence-corrected chi connectivity index (χ1v) is 8.56. The van der Waals surface area contributed by atoms with Crippen LogP contribution in [0.5, 0.6) is 0 Å². The molecular formula is C17H14BrNO2S. The summed E-state index contributed by atoms with van der Waals surface area (Å²) in [5.74, 6) is -0.330. The monoisotopic (exact) mass is 375 g/mol. The largest absolute Gasteiger partial charge is 0.461 e. The molecule has 0 fully saturated rings. The second-order valence-electron chi connectivity index (χ2n) is 4.68. The van der Waals surface area contributed by atoms with E-state index in [-0.39, 0.29) is 5.97 Å². The van der Waals surface area contributed by atoms with Crippen LogP contribution in [0.3, 0.4) is 0 Å². The molecule has 3 nitrogen and oxygen atoms in total. The molecule has 0 amide bonds. The molecule has 2 heterocycles. The van der Waals surface area contributed by atoms with Crippen molar-refractivity contribution in [2.24, 2.45) is 0 Å². The minimum Gasteiger partial charge on any atom is -0.461 e. The second-order valence-corrected chi connectivity index (χ2v) is 6.54. The highest BCUT2D eigenvalue weighted by Gasteiger charge is 2.19. The molecule has 5 heteroatoms. The number of aromatic nitrogens is 1. The van der Waals surface area contributed by atoms with E-state index in [0.717, 1.165) is 26.2 Å². The minimum atomic E-state index is -0.330. The van der Waals surface area contributed by atoms with E-state index >= 15 is 0 Å². The lowest BCUT2D eigenvalue weighted by Crippen LogP contribution is -2.06. The predicted octanol–water partition coefficient (Wildman–Crippen LogP) is 5.35. The summed E-state index contributed by atoms with van der Waals surface area (Å²) in [5.41, 5.74) is 3.25. The van der Waals surface area contributed by atoms with Gasteiger partial charge in [0.05, 0.1) is 17.2 Å². The number of halogens is 1. The Hall–Kier alpha value is -1.85. The maximum atomic E-state index is 12.2. The van der Waals surface area contributed by atoms with E-state index in [1.807, 2.05) is 47.8 Å². The van der Waals surface area contributed by atoms with Crippen LogP contribution in [-0.2, 0) is 4.74 Å². The minimum absolute atomic E-state index is 0.330. The number of H-pyrrole nitrogens is 1. The molecule has 0 spiro atoms. The van der Waals surface area contributed by atoms with Gasteiger partial charge in [0.1, 0.15) is 5.69 Å². The zero-order chi connectivity index (χ0) is 15.5. The van der Waals surface area contributed by atoms with Gasteiger partial charge < -0.3 is 9.72 Å². The highest BCUT2D eigenvalue weighted by Crippen LogP contribution is 2.32. The van der Waals surface area contributed by atoms with Crippen LogP contribution < -0.4 is 0 Å². The molecule has 0 aliphatic carbocycles. The standard InChI is InChI=1S/C17H14BrNO2S/c1-2-21-17(20)16-13(11-5-7-12(18)8-6-11)10-14(19-16)15-4-3-9-22-15/h3-10,19H,2H2,1H3. The maximum Gasteiger partial charge on any atom is 0.355 e. The number of hydrogen-bond donors (Lipinski definition) is 1. The number of thiophene rings is 1. The molecule has 0 bridgehead atoms. The third kappa shape index (κ3) is 3.00. The number of esters is 1. The Bertz CT molecular complexity index is 776. The van der Waals surface area contributed by atoms with E-state index in [1.54, 1.807) is 18.3 Å². The van der Waals surface area contributed by atoms with Crippen molar-refractivity contribution in [2.75, 3.05) is 6.61 Å². The van der Waals surface area contributed by atoms with Gasteiger partial charge in [-0.2, -0.15) is 0 Å². The molecule has 0 atom stereocenters. The first-order valence-electron chi connectivity index (χ1n) is 6.89. The van der Waals surface area contributed by atoms with Crippen molar-refractivity contribution in [3.63, 3.8) is 0 Å². The fourth-order valence-electron chi connectivity index (χ4n) is 2.24. The Morgan fingerprint density at radius 3 is 2.68 bits per heavy atom. The second kappa shape index (κ2) is 6.50. The number of carbonyl (C=O) groups excluding carboxylic acids is 1. The molecule has 3 rings (SSSR count). The molecule has 0 saturated carbocycles. The van der Waals surface area contributed by atoms with Crippen molar-refractivity contribution in [3.05, 3.63) is 58.0 Å². The lowest BCUT2D eigenvalue weighted by Gasteiger charge is -2.04. The maximum absolute atomic E-state index is 12.2. The fourth-order valence-corrected chi connectivity index (χ4v) is 3.20. The summed E-state index contributed by atoms with van der Waals surface area (Å²) in [4.78, 5) is 16.5. The topological polar surface area (TPSA) is 42.1 Å². The average molecular weight is 376 g/mol. The van der Waals surface area contributed by atoms with E-state index in [9.17, 15) is 4.79 Å². The number of rotatable bonds is 4. The first-order chi connectivity index (χ1) is 10.7. The van der Waals surface area contributed by atoms with E-state index in [0.29, 0.717) is 12.3 Å². The van der Waals surface area contributed by atoms with Gasteiger partial charge in [0.2, 0.25) is 0 Å². The number of aromatic amines is 1. The molecule has 0 aliphatic heterocycles. The van der Waals surface area contributed by atoms with Crippen molar-refractivity contribution in [1.82, 2.24) is 4.98 Å². The SMILES string of the molecule is CCOC(=O)c1[nH]c(-c2cccs2)cc1-c1ccc(Br)cc1. The molecule has 0 saturated heterocycles. The third-order valence-corrected chi connectivity index (χ3v) is 4.67. The summed E-state index contributed by atoms with van der Waals surface area (Å²) in [6.07, 6.45) is 0. The van der Waals surface area contributed by atoms with E-state index in [4.69, 9.17) is 4.74 Å². The van der Waals surface area contributed by atoms with Crippen molar-refractivity contribution in [1.29, 1.82) is 0 Å². The molecule has 22 heavy (non-hydrogen) atoms. The Kier molecular flexibility index (Phi) is 4.45. The summed E-state index contributed by atoms with van der Waals surface area (Å²) >= 11 is 5.06. The summed E-state index contributed by atoms with van der Waals surface area (Å²) in [6.45, 7) is 2.16. The third-order valence-electron chi connectivity index (χ3n) is 3.24. The van der Waals surface area contributed by atoms with Crippen LogP contribution in [0.4, 0.5) is 0 Å². The van der Waals surface area contributed by atoms with E-state index in [1.165, 1.54) is 0 Å². The lowest BCUT2D eigenvalue weighted by molar-refractivity contribution is 0.0521. The fraction of sp³-hybridized carbons (Fsp3) is 0.118. The average Bonchev–Trinajstić information content (AvgIpc) is 3.17. The van der Waals surface area contributed by atoms with Crippen molar-refractivity contribution >= 4 is 33.2 Å². The molecule has 0 aliphatic rings. The van der Waals surface area contributed by atoms with Gasteiger partial charge in [-0.25, -0.2) is 4.79 Å². The zero-order valence-corrected chi connectivity index (χ0v) is 14.3. The van der Waals surface area contributed by atoms with Crippen LogP contribution in [0, 0.1) is 0 Å². The highest BCUT2D eigenvalue weighted by atomic mass is 79.9. The summed E-state index contributed by atoms with van der Waals surface area (Å²) < 4.78 is 6.17. The lowest BCUT2D eigenvalue weighted by atomic mass is 10.1. The summed E-state index contributed by atoms with van der Waals surface area (Å²) in [5, 5.41) is 2.01. The van der Waals surface area contributed by atoms with E-state index < -0.39 is 0 Å². The molecule has 1 aromatic carbocycles. The van der Waals surface area contributed by atoms with Gasteiger partial charge in [-0.1, -0.05) is 34.1 Å².